The molecule has 0 spiro atoms. The van der Waals surface area contributed by atoms with Crippen molar-refractivity contribution in [2.45, 2.75) is 44.2 Å². The van der Waals surface area contributed by atoms with E-state index < -0.39 is 11.9 Å². The smallest absolute Gasteiger partial charge is 0.255 e. The van der Waals surface area contributed by atoms with Crippen LogP contribution in [0.25, 0.3) is 11.3 Å². The second-order valence-electron chi connectivity index (χ2n) is 7.77. The SMILES string of the molecule is O=C1CCC(N2Cc3cc(-c4cc(C5CCOCC5)no4)ccc3C2=O)C(=O)N1. The van der Waals surface area contributed by atoms with Crippen molar-refractivity contribution < 1.29 is 23.6 Å². The lowest BCUT2D eigenvalue weighted by Gasteiger charge is -2.29. The van der Waals surface area contributed by atoms with Crippen LogP contribution >= 0.6 is 0 Å². The number of carbonyl (C=O) groups is 3. The fraction of sp³-hybridized carbons (Fsp3) is 0.429. The van der Waals surface area contributed by atoms with Crippen molar-refractivity contribution in [3.63, 3.8) is 0 Å². The van der Waals surface area contributed by atoms with Gasteiger partial charge in [-0.05, 0) is 37.0 Å². The minimum absolute atomic E-state index is 0.179. The number of carbonyl (C=O) groups excluding carboxylic acids is 3. The molecule has 2 aromatic rings. The lowest BCUT2D eigenvalue weighted by molar-refractivity contribution is -0.136. The third-order valence-corrected chi connectivity index (χ3v) is 5.98. The van der Waals surface area contributed by atoms with E-state index >= 15 is 0 Å². The standard InChI is InChI=1S/C21H21N3O5/c25-19-4-3-17(20(26)22-19)24-11-14-9-13(1-2-15(14)21(24)27)18-10-16(23-29-18)12-5-7-28-8-6-12/h1-2,9-10,12,17H,3-8,11H2,(H,22,25,26). The number of hydrogen-bond donors (Lipinski definition) is 1. The number of aromatic nitrogens is 1. The van der Waals surface area contributed by atoms with E-state index in [2.05, 4.69) is 10.5 Å². The van der Waals surface area contributed by atoms with Crippen LogP contribution in [0.3, 0.4) is 0 Å². The van der Waals surface area contributed by atoms with Crippen LogP contribution in [0.2, 0.25) is 0 Å². The van der Waals surface area contributed by atoms with E-state index in [1.165, 1.54) is 0 Å². The Hall–Kier alpha value is -3.00. The molecule has 1 aromatic carbocycles. The summed E-state index contributed by atoms with van der Waals surface area (Å²) in [7, 11) is 0. The van der Waals surface area contributed by atoms with Crippen LogP contribution in [0.4, 0.5) is 0 Å². The summed E-state index contributed by atoms with van der Waals surface area (Å²) in [4.78, 5) is 37.9. The van der Waals surface area contributed by atoms with Gasteiger partial charge in [0, 0.05) is 49.3 Å². The molecule has 4 heterocycles. The van der Waals surface area contributed by atoms with Crippen molar-refractivity contribution in [2.24, 2.45) is 0 Å². The number of nitrogens with zero attached hydrogens (tertiary/aromatic N) is 2. The normalized spacial score (nSPS) is 22.7. The predicted octanol–water partition coefficient (Wildman–Crippen LogP) is 2.00. The Morgan fingerprint density at radius 2 is 1.90 bits per heavy atom. The average Bonchev–Trinajstić information content (AvgIpc) is 3.34. The Morgan fingerprint density at radius 1 is 1.07 bits per heavy atom. The second-order valence-corrected chi connectivity index (χ2v) is 7.77. The number of hydrogen-bond acceptors (Lipinski definition) is 6. The number of piperidine rings is 1. The molecule has 0 aliphatic carbocycles. The van der Waals surface area contributed by atoms with Crippen LogP contribution in [-0.2, 0) is 20.9 Å². The molecule has 29 heavy (non-hydrogen) atoms. The molecule has 0 saturated carbocycles. The number of imide groups is 1. The first kappa shape index (κ1) is 18.1. The molecule has 3 amide bonds. The summed E-state index contributed by atoms with van der Waals surface area (Å²) in [5.74, 6) is 0.144. The van der Waals surface area contributed by atoms with Crippen LogP contribution in [-0.4, -0.2) is 47.0 Å². The molecule has 8 nitrogen and oxygen atoms in total. The molecule has 8 heteroatoms. The van der Waals surface area contributed by atoms with Gasteiger partial charge >= 0.3 is 0 Å². The number of ether oxygens (including phenoxy) is 1. The monoisotopic (exact) mass is 395 g/mol. The van der Waals surface area contributed by atoms with E-state index in [1.54, 1.807) is 11.0 Å². The van der Waals surface area contributed by atoms with E-state index in [9.17, 15) is 14.4 Å². The summed E-state index contributed by atoms with van der Waals surface area (Å²) in [6.07, 6.45) is 2.47. The van der Waals surface area contributed by atoms with Crippen molar-refractivity contribution >= 4 is 17.7 Å². The fourth-order valence-electron chi connectivity index (χ4n) is 4.34. The van der Waals surface area contributed by atoms with Gasteiger partial charge < -0.3 is 14.2 Å². The number of fused-ring (bicyclic) bond motifs is 1. The Morgan fingerprint density at radius 3 is 2.69 bits per heavy atom. The Balaban J connectivity index is 1.37. The van der Waals surface area contributed by atoms with Gasteiger partial charge in [-0.1, -0.05) is 11.2 Å². The third-order valence-electron chi connectivity index (χ3n) is 5.98. The third kappa shape index (κ3) is 3.23. The maximum absolute atomic E-state index is 12.8. The summed E-state index contributed by atoms with van der Waals surface area (Å²) in [6, 6.07) is 6.90. The summed E-state index contributed by atoms with van der Waals surface area (Å²) in [5, 5.41) is 6.56. The molecule has 1 unspecified atom stereocenters. The van der Waals surface area contributed by atoms with Gasteiger partial charge in [0.2, 0.25) is 11.8 Å². The molecule has 5 rings (SSSR count). The van der Waals surface area contributed by atoms with E-state index in [0.29, 0.717) is 30.2 Å². The van der Waals surface area contributed by atoms with Crippen LogP contribution < -0.4 is 5.32 Å². The zero-order valence-electron chi connectivity index (χ0n) is 15.8. The number of nitrogens with one attached hydrogen (secondary N) is 1. The average molecular weight is 395 g/mol. The Bertz CT molecular complexity index is 992. The molecule has 0 bridgehead atoms. The van der Waals surface area contributed by atoms with Gasteiger partial charge in [-0.2, -0.15) is 0 Å². The Kier molecular flexibility index (Phi) is 4.43. The van der Waals surface area contributed by atoms with Crippen molar-refractivity contribution in [1.29, 1.82) is 0 Å². The lowest BCUT2D eigenvalue weighted by atomic mass is 9.96. The van der Waals surface area contributed by atoms with E-state index in [1.807, 2.05) is 18.2 Å². The van der Waals surface area contributed by atoms with E-state index in [-0.39, 0.29) is 18.2 Å². The van der Waals surface area contributed by atoms with Crippen molar-refractivity contribution in [2.75, 3.05) is 13.2 Å². The van der Waals surface area contributed by atoms with Crippen molar-refractivity contribution in [3.05, 3.63) is 41.1 Å². The van der Waals surface area contributed by atoms with Crippen LogP contribution in [0.15, 0.2) is 28.8 Å². The molecular weight excluding hydrogens is 374 g/mol. The molecule has 1 atom stereocenters. The van der Waals surface area contributed by atoms with Gasteiger partial charge in [0.15, 0.2) is 5.76 Å². The summed E-state index contributed by atoms with van der Waals surface area (Å²) in [6.45, 7) is 1.82. The molecule has 1 N–H and O–H groups in total. The Labute approximate surface area is 167 Å². The fourth-order valence-corrected chi connectivity index (χ4v) is 4.34. The molecule has 2 fully saturated rings. The molecule has 2 saturated heterocycles. The number of benzene rings is 1. The maximum Gasteiger partial charge on any atom is 0.255 e. The topological polar surface area (TPSA) is 102 Å². The summed E-state index contributed by atoms with van der Waals surface area (Å²) in [5.41, 5.74) is 3.22. The maximum atomic E-state index is 12.8. The van der Waals surface area contributed by atoms with Crippen LogP contribution in [0, 0.1) is 0 Å². The molecular formula is C21H21N3O5. The van der Waals surface area contributed by atoms with Crippen LogP contribution in [0.1, 0.15) is 53.2 Å². The zero-order chi connectivity index (χ0) is 20.0. The highest BCUT2D eigenvalue weighted by atomic mass is 16.5. The van der Waals surface area contributed by atoms with Gasteiger partial charge in [-0.25, -0.2) is 0 Å². The summed E-state index contributed by atoms with van der Waals surface area (Å²) >= 11 is 0. The highest BCUT2D eigenvalue weighted by molar-refractivity contribution is 6.05. The molecule has 0 radical (unpaired) electrons. The molecule has 3 aliphatic rings. The van der Waals surface area contributed by atoms with E-state index in [0.717, 1.165) is 42.9 Å². The van der Waals surface area contributed by atoms with Gasteiger partial charge in [0.05, 0.1) is 5.69 Å². The highest BCUT2D eigenvalue weighted by Gasteiger charge is 2.39. The number of amides is 3. The quantitative estimate of drug-likeness (QED) is 0.798. The van der Waals surface area contributed by atoms with Gasteiger partial charge in [-0.3, -0.25) is 19.7 Å². The first-order chi connectivity index (χ1) is 14.1. The van der Waals surface area contributed by atoms with Gasteiger partial charge in [0.1, 0.15) is 6.04 Å². The van der Waals surface area contributed by atoms with Crippen LogP contribution in [0.5, 0.6) is 0 Å². The van der Waals surface area contributed by atoms with Gasteiger partial charge in [-0.15, -0.1) is 0 Å². The predicted molar refractivity (Wildman–Crippen MR) is 101 cm³/mol. The largest absolute Gasteiger partial charge is 0.381 e. The zero-order valence-corrected chi connectivity index (χ0v) is 15.8. The van der Waals surface area contributed by atoms with Crippen molar-refractivity contribution in [3.8, 4) is 11.3 Å². The van der Waals surface area contributed by atoms with Gasteiger partial charge in [0.25, 0.3) is 5.91 Å². The first-order valence-corrected chi connectivity index (χ1v) is 9.92. The van der Waals surface area contributed by atoms with Crippen molar-refractivity contribution in [1.82, 2.24) is 15.4 Å². The lowest BCUT2D eigenvalue weighted by Crippen LogP contribution is -2.52. The summed E-state index contributed by atoms with van der Waals surface area (Å²) < 4.78 is 11.0. The molecule has 150 valence electrons. The second kappa shape index (κ2) is 7.11. The highest BCUT2D eigenvalue weighted by Crippen LogP contribution is 2.33. The molecule has 1 aromatic heterocycles. The minimum Gasteiger partial charge on any atom is -0.381 e. The number of rotatable bonds is 3. The van der Waals surface area contributed by atoms with E-state index in [4.69, 9.17) is 9.26 Å². The minimum atomic E-state index is -0.610. The molecule has 3 aliphatic heterocycles. The first-order valence-electron chi connectivity index (χ1n) is 9.92.